The molecule has 0 aromatic carbocycles. The van der Waals surface area contributed by atoms with E-state index in [0.29, 0.717) is 4.21 Å². The first kappa shape index (κ1) is 21.1. The average Bonchev–Trinajstić information content (AvgIpc) is 3.09. The summed E-state index contributed by atoms with van der Waals surface area (Å²) in [5.74, 6) is -3.78. The molecule has 3 N–H and O–H groups in total. The fraction of sp³-hybridized carbons (Fsp3) is 0.200. The van der Waals surface area contributed by atoms with Crippen molar-refractivity contribution in [3.05, 3.63) is 22.8 Å². The van der Waals surface area contributed by atoms with Crippen LogP contribution in [0.25, 0.3) is 0 Å². The molecule has 0 aliphatic heterocycles. The van der Waals surface area contributed by atoms with Gasteiger partial charge in [0.1, 0.15) is 0 Å². The molecule has 2 aromatic heterocycles. The Morgan fingerprint density at radius 1 is 1.26 bits per heavy atom. The summed E-state index contributed by atoms with van der Waals surface area (Å²) >= 11 is 6.67. The van der Waals surface area contributed by atoms with E-state index in [1.54, 1.807) is 17.5 Å². The fourth-order valence-electron chi connectivity index (χ4n) is 0.734. The van der Waals surface area contributed by atoms with E-state index in [-0.39, 0.29) is 5.69 Å². The number of rotatable bonds is 2. The van der Waals surface area contributed by atoms with Crippen LogP contribution in [0.4, 0.5) is 18.3 Å². The number of aromatic carboxylic acids is 1. The van der Waals surface area contributed by atoms with Crippen molar-refractivity contribution in [2.45, 2.75) is 10.4 Å². The highest BCUT2D eigenvalue weighted by atomic mass is 32.2. The van der Waals surface area contributed by atoms with Crippen molar-refractivity contribution < 1.29 is 33.0 Å². The Balaban J connectivity index is 0.000000320. The first-order valence-corrected chi connectivity index (χ1v) is 7.53. The molecule has 0 saturated carbocycles. The van der Waals surface area contributed by atoms with Gasteiger partial charge in [-0.25, -0.2) is 19.6 Å². The van der Waals surface area contributed by atoms with Gasteiger partial charge in [-0.05, 0) is 0 Å². The predicted molar refractivity (Wildman–Crippen MR) is 81.7 cm³/mol. The highest BCUT2D eigenvalue weighted by Crippen LogP contribution is 2.16. The number of carboxylic acid groups (broad SMARTS) is 2. The molecule has 2 heterocycles. The van der Waals surface area contributed by atoms with Crippen LogP contribution in [0.3, 0.4) is 0 Å². The molecule has 23 heavy (non-hydrogen) atoms. The number of hydrogen-bond donors (Lipinski definition) is 4. The highest BCUT2D eigenvalue weighted by Gasteiger charge is 2.38. The van der Waals surface area contributed by atoms with Crippen molar-refractivity contribution in [2.24, 2.45) is 0 Å². The van der Waals surface area contributed by atoms with Crippen LogP contribution in [-0.2, 0) is 4.79 Å². The number of thiol groups is 1. The lowest BCUT2D eigenvalue weighted by Crippen LogP contribution is -2.21. The summed E-state index contributed by atoms with van der Waals surface area (Å²) < 4.78 is 32.2. The first-order chi connectivity index (χ1) is 10.6. The summed E-state index contributed by atoms with van der Waals surface area (Å²) in [7, 11) is 1.86. The van der Waals surface area contributed by atoms with Crippen molar-refractivity contribution in [3.8, 4) is 0 Å². The molecule has 0 spiro atoms. The zero-order valence-electron chi connectivity index (χ0n) is 11.2. The molecule has 128 valence electrons. The minimum Gasteiger partial charge on any atom is -0.476 e. The van der Waals surface area contributed by atoms with Crippen LogP contribution in [0.5, 0.6) is 0 Å². The number of thiazole rings is 2. The summed E-state index contributed by atoms with van der Waals surface area (Å²) in [6.45, 7) is 0. The fourth-order valence-corrected chi connectivity index (χ4v) is 2.03. The molecule has 2 aromatic rings. The normalized spacial score (nSPS) is 9.78. The van der Waals surface area contributed by atoms with E-state index < -0.39 is 18.1 Å². The van der Waals surface area contributed by atoms with Gasteiger partial charge < -0.3 is 15.5 Å². The quantitative estimate of drug-likeness (QED) is 0.584. The zero-order valence-corrected chi connectivity index (χ0v) is 13.8. The van der Waals surface area contributed by atoms with Crippen LogP contribution >= 0.6 is 35.3 Å². The van der Waals surface area contributed by atoms with Gasteiger partial charge in [0.25, 0.3) is 0 Å². The Kier molecular flexibility index (Phi) is 9.21. The molecule has 13 heteroatoms. The van der Waals surface area contributed by atoms with Gasteiger partial charge in [0.2, 0.25) is 0 Å². The van der Waals surface area contributed by atoms with Crippen LogP contribution < -0.4 is 5.32 Å². The van der Waals surface area contributed by atoms with Gasteiger partial charge in [0, 0.05) is 18.6 Å². The number of nitrogens with one attached hydrogen (secondary N) is 1. The standard InChI is InChI=1S/C4H6N2S.C4H3NO2S2.C2HF3O2/c1-5-4-6-2-3-7-4;6-3(7)2-4(8)9-1-5-2;3-2(4,5)1(6)7/h2-3H,1H3,(H,5,6);1,8H,(H,6,7);(H,6,7). The maximum Gasteiger partial charge on any atom is 0.490 e. The van der Waals surface area contributed by atoms with E-state index in [2.05, 4.69) is 27.9 Å². The number of anilines is 1. The molecule has 0 unspecified atom stereocenters. The van der Waals surface area contributed by atoms with Crippen molar-refractivity contribution in [2.75, 3.05) is 12.4 Å². The lowest BCUT2D eigenvalue weighted by molar-refractivity contribution is -0.192. The Morgan fingerprint density at radius 2 is 1.83 bits per heavy atom. The van der Waals surface area contributed by atoms with Crippen molar-refractivity contribution >= 4 is 52.4 Å². The number of nitrogens with zero attached hydrogens (tertiary/aromatic N) is 2. The smallest absolute Gasteiger partial charge is 0.476 e. The second-order valence-electron chi connectivity index (χ2n) is 3.20. The molecule has 0 atom stereocenters. The SMILES string of the molecule is CNc1nccs1.O=C(O)C(F)(F)F.O=C(O)c1ncsc1S. The van der Waals surface area contributed by atoms with E-state index in [0.717, 1.165) is 5.13 Å². The molecule has 7 nitrogen and oxygen atoms in total. The maximum absolute atomic E-state index is 10.6. The molecular weight excluding hydrogens is 379 g/mol. The van der Waals surface area contributed by atoms with Crippen LogP contribution in [-0.4, -0.2) is 45.3 Å². The third-order valence-corrected chi connectivity index (χ3v) is 3.59. The Hall–Kier alpha value is -1.86. The number of aromatic nitrogens is 2. The number of aliphatic carboxylic acids is 1. The van der Waals surface area contributed by atoms with E-state index in [1.165, 1.54) is 16.8 Å². The minimum absolute atomic E-state index is 0.0309. The average molecular weight is 389 g/mol. The summed E-state index contributed by atoms with van der Waals surface area (Å²) in [4.78, 5) is 26.6. The molecule has 0 radical (unpaired) electrons. The lowest BCUT2D eigenvalue weighted by atomic mass is 10.5. The van der Waals surface area contributed by atoms with Crippen LogP contribution in [0, 0.1) is 0 Å². The molecule has 0 aliphatic rings. The van der Waals surface area contributed by atoms with Crippen LogP contribution in [0.15, 0.2) is 21.3 Å². The van der Waals surface area contributed by atoms with Gasteiger partial charge in [0.05, 0.1) is 9.72 Å². The Bertz CT molecular complexity index is 616. The van der Waals surface area contributed by atoms with Crippen LogP contribution in [0.1, 0.15) is 10.5 Å². The van der Waals surface area contributed by atoms with Crippen molar-refractivity contribution in [1.29, 1.82) is 0 Å². The van der Waals surface area contributed by atoms with Crippen molar-refractivity contribution in [3.63, 3.8) is 0 Å². The van der Waals surface area contributed by atoms with Gasteiger partial charge in [-0.1, -0.05) is 0 Å². The van der Waals surface area contributed by atoms with Gasteiger partial charge in [-0.3, -0.25) is 0 Å². The first-order valence-electron chi connectivity index (χ1n) is 5.32. The van der Waals surface area contributed by atoms with Gasteiger partial charge in [0.15, 0.2) is 10.8 Å². The van der Waals surface area contributed by atoms with E-state index in [4.69, 9.17) is 15.0 Å². The van der Waals surface area contributed by atoms with Gasteiger partial charge >= 0.3 is 18.1 Å². The minimum atomic E-state index is -5.08. The maximum atomic E-state index is 10.6. The molecule has 0 saturated heterocycles. The number of carbonyl (C=O) groups is 2. The molecule has 0 fully saturated rings. The molecule has 0 amide bonds. The molecular formula is C10H10F3N3O4S3. The number of hydrogen-bond acceptors (Lipinski definition) is 8. The van der Waals surface area contributed by atoms with E-state index >= 15 is 0 Å². The number of carboxylic acids is 2. The summed E-state index contributed by atoms with van der Waals surface area (Å²) in [6, 6.07) is 0. The largest absolute Gasteiger partial charge is 0.490 e. The third-order valence-electron chi connectivity index (χ3n) is 1.64. The molecule has 2 rings (SSSR count). The summed E-state index contributed by atoms with van der Waals surface area (Å²) in [5, 5.41) is 21.3. The second-order valence-corrected chi connectivity index (χ2v) is 5.70. The third kappa shape index (κ3) is 9.00. The summed E-state index contributed by atoms with van der Waals surface area (Å²) in [6.07, 6.45) is -3.31. The van der Waals surface area contributed by atoms with Crippen molar-refractivity contribution in [1.82, 2.24) is 9.97 Å². The predicted octanol–water partition coefficient (Wildman–Crippen LogP) is 2.95. The number of halogens is 3. The highest BCUT2D eigenvalue weighted by molar-refractivity contribution is 7.82. The lowest BCUT2D eigenvalue weighted by Gasteiger charge is -1.93. The number of alkyl halides is 3. The van der Waals surface area contributed by atoms with Gasteiger partial charge in [-0.15, -0.1) is 35.3 Å². The van der Waals surface area contributed by atoms with Gasteiger partial charge in [-0.2, -0.15) is 13.2 Å². The Morgan fingerprint density at radius 3 is 2.00 bits per heavy atom. The van der Waals surface area contributed by atoms with E-state index in [1.807, 2.05) is 12.4 Å². The topological polar surface area (TPSA) is 112 Å². The molecule has 0 bridgehead atoms. The zero-order chi connectivity index (χ0) is 18.0. The monoisotopic (exact) mass is 389 g/mol. The van der Waals surface area contributed by atoms with E-state index in [9.17, 15) is 18.0 Å². The summed E-state index contributed by atoms with van der Waals surface area (Å²) in [5.41, 5.74) is 1.48. The molecule has 0 aliphatic carbocycles. The van der Waals surface area contributed by atoms with Crippen LogP contribution in [0.2, 0.25) is 0 Å². The Labute approximate surface area is 141 Å². The second kappa shape index (κ2) is 10.0.